The Morgan fingerprint density at radius 3 is 2.68 bits per heavy atom. The van der Waals surface area contributed by atoms with E-state index in [9.17, 15) is 4.79 Å². The summed E-state index contributed by atoms with van der Waals surface area (Å²) in [5, 5.41) is 3.32. The first-order valence-electron chi connectivity index (χ1n) is 8.66. The highest BCUT2D eigenvalue weighted by atomic mass is 16.5. The van der Waals surface area contributed by atoms with Crippen molar-refractivity contribution in [3.63, 3.8) is 0 Å². The Kier molecular flexibility index (Phi) is 5.33. The number of nitrogens with one attached hydrogen (secondary N) is 1. The van der Waals surface area contributed by atoms with E-state index in [0.717, 1.165) is 11.6 Å². The molecule has 1 unspecified atom stereocenters. The molecule has 1 saturated heterocycles. The molecule has 0 aromatic carbocycles. The molecule has 0 saturated carbocycles. The molecule has 0 aliphatic carbocycles. The lowest BCUT2D eigenvalue weighted by atomic mass is 10.0. The Balaban J connectivity index is 1.78. The van der Waals surface area contributed by atoms with E-state index < -0.39 is 0 Å². The number of pyridine rings is 1. The fraction of sp³-hybridized carbons (Fsp3) is 0.500. The zero-order valence-corrected chi connectivity index (χ0v) is 15.0. The van der Waals surface area contributed by atoms with Gasteiger partial charge in [-0.15, -0.1) is 0 Å². The molecular weight excluding hydrogens is 318 g/mol. The highest BCUT2D eigenvalue weighted by Crippen LogP contribution is 2.16. The summed E-state index contributed by atoms with van der Waals surface area (Å²) in [4.78, 5) is 23.6. The van der Waals surface area contributed by atoms with Crippen molar-refractivity contribution < 1.29 is 9.53 Å². The van der Waals surface area contributed by atoms with Crippen LogP contribution >= 0.6 is 0 Å². The number of amides is 1. The van der Waals surface area contributed by atoms with Gasteiger partial charge in [-0.2, -0.15) is 0 Å². The highest BCUT2D eigenvalue weighted by Gasteiger charge is 2.28. The van der Waals surface area contributed by atoms with Gasteiger partial charge in [0.2, 0.25) is 5.91 Å². The van der Waals surface area contributed by atoms with E-state index in [1.165, 1.54) is 0 Å². The van der Waals surface area contributed by atoms with Crippen LogP contribution in [0, 0.1) is 12.8 Å². The maximum Gasteiger partial charge on any atom is 0.245 e. The Morgan fingerprint density at radius 1 is 1.28 bits per heavy atom. The zero-order chi connectivity index (χ0) is 17.8. The normalized spacial score (nSPS) is 16.1. The summed E-state index contributed by atoms with van der Waals surface area (Å²) in [5.74, 6) is 2.58. The molecule has 0 radical (unpaired) electrons. The summed E-state index contributed by atoms with van der Waals surface area (Å²) in [5.41, 5.74) is 0. The standard InChI is InChI=1S/C18H25N5O2/c1-13(2)17(18(24)22-9-11-25-12-10-22)21-15-5-4-6-16(20-15)23-8-7-19-14(23)3/h4-8,13,17H,9-12H2,1-3H3,(H,20,21). The number of aromatic nitrogens is 3. The van der Waals surface area contributed by atoms with Gasteiger partial charge in [-0.3, -0.25) is 9.36 Å². The Bertz CT molecular complexity index is 722. The van der Waals surface area contributed by atoms with Crippen molar-refractivity contribution in [3.8, 4) is 5.82 Å². The quantitative estimate of drug-likeness (QED) is 0.897. The molecule has 25 heavy (non-hydrogen) atoms. The summed E-state index contributed by atoms with van der Waals surface area (Å²) in [6.07, 6.45) is 3.62. The van der Waals surface area contributed by atoms with Crippen LogP contribution in [-0.2, 0) is 9.53 Å². The van der Waals surface area contributed by atoms with Gasteiger partial charge in [0.1, 0.15) is 23.5 Å². The first-order valence-corrected chi connectivity index (χ1v) is 8.66. The van der Waals surface area contributed by atoms with Crippen molar-refractivity contribution in [2.24, 2.45) is 5.92 Å². The number of rotatable bonds is 5. The zero-order valence-electron chi connectivity index (χ0n) is 15.0. The maximum atomic E-state index is 12.9. The van der Waals surface area contributed by atoms with Crippen LogP contribution in [0.4, 0.5) is 5.82 Å². The van der Waals surface area contributed by atoms with E-state index in [2.05, 4.69) is 15.3 Å². The minimum atomic E-state index is -0.315. The first kappa shape index (κ1) is 17.4. The molecule has 3 heterocycles. The number of morpholine rings is 1. The van der Waals surface area contributed by atoms with E-state index in [4.69, 9.17) is 4.74 Å². The molecule has 1 N–H and O–H groups in total. The molecular formula is C18H25N5O2. The number of nitrogens with zero attached hydrogens (tertiary/aromatic N) is 4. The number of aryl methyl sites for hydroxylation is 1. The first-order chi connectivity index (χ1) is 12.1. The molecule has 1 aliphatic heterocycles. The third-order valence-corrected chi connectivity index (χ3v) is 4.37. The van der Waals surface area contributed by atoms with Crippen molar-refractivity contribution in [1.82, 2.24) is 19.4 Å². The predicted octanol–water partition coefficient (Wildman–Crippen LogP) is 1.87. The maximum absolute atomic E-state index is 12.9. The number of imidazole rings is 1. The largest absolute Gasteiger partial charge is 0.378 e. The summed E-state index contributed by atoms with van der Waals surface area (Å²) in [6.45, 7) is 8.51. The second kappa shape index (κ2) is 7.65. The van der Waals surface area contributed by atoms with Gasteiger partial charge in [-0.1, -0.05) is 19.9 Å². The topological polar surface area (TPSA) is 72.3 Å². The number of carbonyl (C=O) groups is 1. The fourth-order valence-corrected chi connectivity index (χ4v) is 2.91. The van der Waals surface area contributed by atoms with Crippen molar-refractivity contribution in [2.75, 3.05) is 31.6 Å². The van der Waals surface area contributed by atoms with Crippen LogP contribution in [0.2, 0.25) is 0 Å². The molecule has 0 spiro atoms. The van der Waals surface area contributed by atoms with Crippen molar-refractivity contribution in [3.05, 3.63) is 36.4 Å². The van der Waals surface area contributed by atoms with Gasteiger partial charge in [0.15, 0.2) is 0 Å². The van der Waals surface area contributed by atoms with Crippen LogP contribution in [0.3, 0.4) is 0 Å². The molecule has 2 aromatic heterocycles. The van der Waals surface area contributed by atoms with E-state index in [-0.39, 0.29) is 17.9 Å². The Labute approximate surface area is 148 Å². The van der Waals surface area contributed by atoms with Gasteiger partial charge in [0.25, 0.3) is 0 Å². The van der Waals surface area contributed by atoms with Gasteiger partial charge in [0.05, 0.1) is 13.2 Å². The van der Waals surface area contributed by atoms with Crippen LogP contribution in [0.5, 0.6) is 0 Å². The molecule has 1 atom stereocenters. The lowest BCUT2D eigenvalue weighted by Gasteiger charge is -2.32. The van der Waals surface area contributed by atoms with Crippen molar-refractivity contribution in [2.45, 2.75) is 26.8 Å². The summed E-state index contributed by atoms with van der Waals surface area (Å²) >= 11 is 0. The minimum Gasteiger partial charge on any atom is -0.378 e. The smallest absolute Gasteiger partial charge is 0.245 e. The van der Waals surface area contributed by atoms with Crippen molar-refractivity contribution in [1.29, 1.82) is 0 Å². The summed E-state index contributed by atoms with van der Waals surface area (Å²) in [7, 11) is 0. The van der Waals surface area contributed by atoms with Gasteiger partial charge >= 0.3 is 0 Å². The Hall–Kier alpha value is -2.41. The highest BCUT2D eigenvalue weighted by molar-refractivity contribution is 5.84. The molecule has 1 amide bonds. The lowest BCUT2D eigenvalue weighted by Crippen LogP contribution is -2.49. The molecule has 0 bridgehead atoms. The van der Waals surface area contributed by atoms with Crippen LogP contribution in [0.25, 0.3) is 5.82 Å². The monoisotopic (exact) mass is 343 g/mol. The van der Waals surface area contributed by atoms with E-state index in [1.807, 2.05) is 54.6 Å². The van der Waals surface area contributed by atoms with Gasteiger partial charge in [-0.25, -0.2) is 9.97 Å². The van der Waals surface area contributed by atoms with Gasteiger partial charge < -0.3 is 15.0 Å². The van der Waals surface area contributed by atoms with Gasteiger partial charge in [-0.05, 0) is 25.0 Å². The molecule has 1 fully saturated rings. The Morgan fingerprint density at radius 2 is 2.04 bits per heavy atom. The van der Waals surface area contributed by atoms with E-state index in [0.29, 0.717) is 32.1 Å². The van der Waals surface area contributed by atoms with Crippen LogP contribution < -0.4 is 5.32 Å². The average Bonchev–Trinajstić information content (AvgIpc) is 3.06. The number of anilines is 1. The third-order valence-electron chi connectivity index (χ3n) is 4.37. The third kappa shape index (κ3) is 3.99. The van der Waals surface area contributed by atoms with E-state index in [1.54, 1.807) is 6.20 Å². The van der Waals surface area contributed by atoms with Crippen LogP contribution in [0.15, 0.2) is 30.6 Å². The molecule has 3 rings (SSSR count). The SMILES string of the molecule is Cc1nccn1-c1cccc(NC(C(=O)N2CCOCC2)C(C)C)n1. The minimum absolute atomic E-state index is 0.101. The molecule has 1 aliphatic rings. The predicted molar refractivity (Wildman–Crippen MR) is 95.7 cm³/mol. The van der Waals surface area contributed by atoms with Crippen LogP contribution in [0.1, 0.15) is 19.7 Å². The second-order valence-corrected chi connectivity index (χ2v) is 6.53. The summed E-state index contributed by atoms with van der Waals surface area (Å²) in [6, 6.07) is 5.43. The van der Waals surface area contributed by atoms with Gasteiger partial charge in [0, 0.05) is 25.5 Å². The van der Waals surface area contributed by atoms with E-state index >= 15 is 0 Å². The van der Waals surface area contributed by atoms with Crippen LogP contribution in [-0.4, -0.2) is 57.7 Å². The number of carbonyl (C=O) groups excluding carboxylic acids is 1. The molecule has 134 valence electrons. The molecule has 7 heteroatoms. The summed E-state index contributed by atoms with van der Waals surface area (Å²) < 4.78 is 7.26. The lowest BCUT2D eigenvalue weighted by molar-refractivity contribution is -0.137. The average molecular weight is 343 g/mol. The molecule has 7 nitrogen and oxygen atoms in total. The van der Waals surface area contributed by atoms with Crippen molar-refractivity contribution >= 4 is 11.7 Å². The number of hydrogen-bond donors (Lipinski definition) is 1. The fourth-order valence-electron chi connectivity index (χ4n) is 2.91. The second-order valence-electron chi connectivity index (χ2n) is 6.53. The molecule has 2 aromatic rings. The number of ether oxygens (including phenoxy) is 1. The number of hydrogen-bond acceptors (Lipinski definition) is 5.